The number of nitrogens with zero attached hydrogens (tertiary/aromatic N) is 1. The van der Waals surface area contributed by atoms with Gasteiger partial charge in [-0.3, -0.25) is 4.79 Å². The number of hydrogen-bond acceptors (Lipinski definition) is 4. The van der Waals surface area contributed by atoms with Crippen LogP contribution >= 0.6 is 22.7 Å². The number of carbonyl (C=O) groups is 1. The molecule has 1 aromatic carbocycles. The van der Waals surface area contributed by atoms with E-state index < -0.39 is 0 Å². The average molecular weight is 357 g/mol. The van der Waals surface area contributed by atoms with Crippen molar-refractivity contribution in [3.8, 4) is 21.0 Å². The number of hydrogen-bond donors (Lipinski definition) is 1. The Morgan fingerprint density at radius 2 is 1.83 bits per heavy atom. The summed E-state index contributed by atoms with van der Waals surface area (Å²) in [6, 6.07) is 12.8. The van der Waals surface area contributed by atoms with Crippen molar-refractivity contribution in [3.63, 3.8) is 0 Å². The number of rotatable bonds is 5. The van der Waals surface area contributed by atoms with Gasteiger partial charge in [-0.2, -0.15) is 0 Å². The molecule has 24 heavy (non-hydrogen) atoms. The summed E-state index contributed by atoms with van der Waals surface area (Å²) in [4.78, 5) is 18.7. The van der Waals surface area contributed by atoms with E-state index in [-0.39, 0.29) is 5.91 Å². The fraction of sp³-hybridized carbons (Fsp3) is 0.263. The third-order valence-electron chi connectivity index (χ3n) is 3.54. The first-order valence-electron chi connectivity index (χ1n) is 7.94. The maximum absolute atomic E-state index is 11.8. The van der Waals surface area contributed by atoms with Crippen LogP contribution in [-0.4, -0.2) is 10.9 Å². The Kier molecular flexibility index (Phi) is 5.11. The number of anilines is 1. The molecule has 0 atom stereocenters. The van der Waals surface area contributed by atoms with Crippen molar-refractivity contribution in [3.05, 3.63) is 47.3 Å². The van der Waals surface area contributed by atoms with E-state index in [4.69, 9.17) is 0 Å². The number of nitrogens with one attached hydrogen (secondary N) is 1. The molecule has 0 bridgehead atoms. The SMILES string of the molecule is Cc1ccc(-c2ccc(-c3csc(NC(=O)CC(C)C)n3)s2)cc1. The summed E-state index contributed by atoms with van der Waals surface area (Å²) >= 11 is 3.19. The van der Waals surface area contributed by atoms with Gasteiger partial charge >= 0.3 is 0 Å². The monoisotopic (exact) mass is 356 g/mol. The summed E-state index contributed by atoms with van der Waals surface area (Å²) in [6.45, 7) is 6.16. The highest BCUT2D eigenvalue weighted by atomic mass is 32.1. The molecule has 0 unspecified atom stereocenters. The van der Waals surface area contributed by atoms with Gasteiger partial charge in [0.2, 0.25) is 5.91 Å². The standard InChI is InChI=1S/C19H20N2OS2/c1-12(2)10-18(22)21-19-20-15(11-23-19)17-9-8-16(24-17)14-6-4-13(3)5-7-14/h4-9,11-12H,10H2,1-3H3,(H,20,21,22). The van der Waals surface area contributed by atoms with Crippen molar-refractivity contribution in [2.75, 3.05) is 5.32 Å². The average Bonchev–Trinajstić information content (AvgIpc) is 3.16. The van der Waals surface area contributed by atoms with Crippen molar-refractivity contribution >= 4 is 33.7 Å². The van der Waals surface area contributed by atoms with Crippen LogP contribution in [-0.2, 0) is 4.79 Å². The maximum Gasteiger partial charge on any atom is 0.226 e. The maximum atomic E-state index is 11.8. The molecule has 0 spiro atoms. The van der Waals surface area contributed by atoms with Gasteiger partial charge < -0.3 is 5.32 Å². The van der Waals surface area contributed by atoms with E-state index in [1.165, 1.54) is 27.3 Å². The van der Waals surface area contributed by atoms with Crippen LogP contribution in [0.1, 0.15) is 25.8 Å². The topological polar surface area (TPSA) is 42.0 Å². The van der Waals surface area contributed by atoms with E-state index in [1.807, 2.05) is 19.2 Å². The molecule has 0 saturated heterocycles. The van der Waals surface area contributed by atoms with E-state index in [1.54, 1.807) is 11.3 Å². The lowest BCUT2D eigenvalue weighted by Gasteiger charge is -2.03. The lowest BCUT2D eigenvalue weighted by Crippen LogP contribution is -2.13. The third kappa shape index (κ3) is 4.10. The van der Waals surface area contributed by atoms with Crippen LogP contribution in [0.3, 0.4) is 0 Å². The Hall–Kier alpha value is -1.98. The van der Waals surface area contributed by atoms with Crippen LogP contribution in [0.25, 0.3) is 21.0 Å². The summed E-state index contributed by atoms with van der Waals surface area (Å²) in [5, 5.41) is 5.54. The van der Waals surface area contributed by atoms with Crippen molar-refractivity contribution in [1.82, 2.24) is 4.98 Å². The second-order valence-electron chi connectivity index (χ2n) is 6.21. The molecule has 1 N–H and O–H groups in total. The van der Waals surface area contributed by atoms with Crippen LogP contribution in [0.4, 0.5) is 5.13 Å². The number of aromatic nitrogens is 1. The Morgan fingerprint density at radius 3 is 2.54 bits per heavy atom. The molecule has 3 nitrogen and oxygen atoms in total. The molecule has 124 valence electrons. The third-order valence-corrected chi connectivity index (χ3v) is 5.45. The molecule has 0 radical (unpaired) electrons. The zero-order chi connectivity index (χ0) is 17.1. The lowest BCUT2D eigenvalue weighted by atomic mass is 10.1. The predicted octanol–water partition coefficient (Wildman–Crippen LogP) is 5.83. The normalized spacial score (nSPS) is 11.0. The highest BCUT2D eigenvalue weighted by Crippen LogP contribution is 2.35. The fourth-order valence-corrected chi connectivity index (χ4v) is 4.11. The first kappa shape index (κ1) is 16.9. The highest BCUT2D eigenvalue weighted by molar-refractivity contribution is 7.19. The molecular weight excluding hydrogens is 336 g/mol. The molecule has 0 aliphatic heterocycles. The molecule has 0 aliphatic rings. The highest BCUT2D eigenvalue weighted by Gasteiger charge is 2.11. The van der Waals surface area contributed by atoms with Gasteiger partial charge in [0.05, 0.1) is 10.6 Å². The second kappa shape index (κ2) is 7.28. The van der Waals surface area contributed by atoms with Crippen molar-refractivity contribution in [2.24, 2.45) is 5.92 Å². The van der Waals surface area contributed by atoms with Crippen LogP contribution in [0.2, 0.25) is 0 Å². The summed E-state index contributed by atoms with van der Waals surface area (Å²) in [5.41, 5.74) is 3.40. The Labute approximate surface area is 150 Å². The summed E-state index contributed by atoms with van der Waals surface area (Å²) in [5.74, 6) is 0.371. The molecule has 0 saturated carbocycles. The molecule has 2 heterocycles. The van der Waals surface area contributed by atoms with Crippen molar-refractivity contribution in [1.29, 1.82) is 0 Å². The Balaban J connectivity index is 1.74. The quantitative estimate of drug-likeness (QED) is 0.625. The van der Waals surface area contributed by atoms with Crippen molar-refractivity contribution < 1.29 is 4.79 Å². The number of amides is 1. The van der Waals surface area contributed by atoms with Crippen molar-refractivity contribution in [2.45, 2.75) is 27.2 Å². The van der Waals surface area contributed by atoms with Crippen LogP contribution in [0.15, 0.2) is 41.8 Å². The van der Waals surface area contributed by atoms with E-state index >= 15 is 0 Å². The van der Waals surface area contributed by atoms with E-state index in [0.29, 0.717) is 17.5 Å². The van der Waals surface area contributed by atoms with Gasteiger partial charge in [-0.05, 0) is 30.5 Å². The van der Waals surface area contributed by atoms with Gasteiger partial charge in [-0.1, -0.05) is 43.7 Å². The summed E-state index contributed by atoms with van der Waals surface area (Å²) < 4.78 is 0. The minimum Gasteiger partial charge on any atom is -0.302 e. The predicted molar refractivity (Wildman–Crippen MR) is 104 cm³/mol. The Morgan fingerprint density at radius 1 is 1.12 bits per heavy atom. The first-order chi connectivity index (χ1) is 11.5. The zero-order valence-corrected chi connectivity index (χ0v) is 15.6. The molecule has 3 aromatic rings. The molecular formula is C19H20N2OS2. The largest absolute Gasteiger partial charge is 0.302 e. The minimum atomic E-state index is 0.0254. The van der Waals surface area contributed by atoms with E-state index in [9.17, 15) is 4.79 Å². The fourth-order valence-electron chi connectivity index (χ4n) is 2.33. The molecule has 5 heteroatoms. The minimum absolute atomic E-state index is 0.0254. The molecule has 0 aliphatic carbocycles. The second-order valence-corrected chi connectivity index (χ2v) is 8.16. The smallest absolute Gasteiger partial charge is 0.226 e. The lowest BCUT2D eigenvalue weighted by molar-refractivity contribution is -0.116. The van der Waals surface area contributed by atoms with E-state index in [2.05, 4.69) is 53.6 Å². The zero-order valence-electron chi connectivity index (χ0n) is 14.0. The van der Waals surface area contributed by atoms with Crippen LogP contribution in [0.5, 0.6) is 0 Å². The van der Waals surface area contributed by atoms with Crippen LogP contribution in [0, 0.1) is 12.8 Å². The molecule has 0 fully saturated rings. The number of thiazole rings is 1. The number of carbonyl (C=O) groups excluding carboxylic acids is 1. The summed E-state index contributed by atoms with van der Waals surface area (Å²) in [6.07, 6.45) is 0.519. The van der Waals surface area contributed by atoms with Gasteiger partial charge in [0.1, 0.15) is 0 Å². The number of benzene rings is 1. The van der Waals surface area contributed by atoms with Crippen LogP contribution < -0.4 is 5.32 Å². The Bertz CT molecular complexity index is 831. The number of aryl methyl sites for hydroxylation is 1. The first-order valence-corrected chi connectivity index (χ1v) is 9.63. The van der Waals surface area contributed by atoms with Gasteiger partial charge in [-0.25, -0.2) is 4.98 Å². The summed E-state index contributed by atoms with van der Waals surface area (Å²) in [7, 11) is 0. The van der Waals surface area contributed by atoms with E-state index in [0.717, 1.165) is 10.6 Å². The van der Waals surface area contributed by atoms with Gasteiger partial charge in [0.15, 0.2) is 5.13 Å². The molecule has 1 amide bonds. The van der Waals surface area contributed by atoms with Gasteiger partial charge in [0, 0.05) is 16.7 Å². The van der Waals surface area contributed by atoms with Gasteiger partial charge in [-0.15, -0.1) is 22.7 Å². The number of thiophene rings is 1. The van der Waals surface area contributed by atoms with Gasteiger partial charge in [0.25, 0.3) is 0 Å². The molecule has 2 aromatic heterocycles. The molecule has 3 rings (SSSR count).